The van der Waals surface area contributed by atoms with Gasteiger partial charge in [0.2, 0.25) is 5.91 Å². The maximum atomic E-state index is 11.4. The predicted molar refractivity (Wildman–Crippen MR) is 75.8 cm³/mol. The number of carbonyl (C=O) groups is 1. The normalized spacial score (nSPS) is 10.2. The number of nitrogens with zero attached hydrogens (tertiary/aromatic N) is 2. The van der Waals surface area contributed by atoms with E-state index in [0.29, 0.717) is 13.0 Å². The molecule has 0 aliphatic carbocycles. The fraction of sp³-hybridized carbons (Fsp3) is 0.500. The van der Waals surface area contributed by atoms with Gasteiger partial charge in [0.05, 0.1) is 0 Å². The first-order valence-electron chi connectivity index (χ1n) is 6.18. The van der Waals surface area contributed by atoms with Crippen LogP contribution in [0, 0.1) is 0 Å². The van der Waals surface area contributed by atoms with Crippen molar-refractivity contribution in [1.82, 2.24) is 10.2 Å². The van der Waals surface area contributed by atoms with Crippen LogP contribution in [-0.4, -0.2) is 45.5 Å². The van der Waals surface area contributed by atoms with Crippen molar-refractivity contribution in [2.24, 2.45) is 0 Å². The second kappa shape index (κ2) is 7.01. The fourth-order valence-electron chi connectivity index (χ4n) is 1.56. The van der Waals surface area contributed by atoms with E-state index >= 15 is 0 Å². The third-order valence-corrected chi connectivity index (χ3v) is 2.80. The molecular formula is C14H23N3O. The van der Waals surface area contributed by atoms with Crippen LogP contribution in [-0.2, 0) is 11.3 Å². The van der Waals surface area contributed by atoms with Gasteiger partial charge in [-0.1, -0.05) is 12.1 Å². The van der Waals surface area contributed by atoms with Crippen LogP contribution in [0.2, 0.25) is 0 Å². The van der Waals surface area contributed by atoms with Crippen LogP contribution >= 0.6 is 0 Å². The molecule has 0 heterocycles. The van der Waals surface area contributed by atoms with Crippen LogP contribution in [0.1, 0.15) is 12.0 Å². The van der Waals surface area contributed by atoms with E-state index in [1.165, 1.54) is 11.3 Å². The zero-order valence-electron chi connectivity index (χ0n) is 11.7. The lowest BCUT2D eigenvalue weighted by molar-refractivity contribution is -0.128. The van der Waals surface area contributed by atoms with Gasteiger partial charge in [-0.2, -0.15) is 0 Å². The summed E-state index contributed by atoms with van der Waals surface area (Å²) in [5.74, 6) is 0.158. The number of hydrogen-bond acceptors (Lipinski definition) is 3. The van der Waals surface area contributed by atoms with E-state index in [0.717, 1.165) is 6.54 Å². The van der Waals surface area contributed by atoms with Gasteiger partial charge in [-0.05, 0) is 17.7 Å². The van der Waals surface area contributed by atoms with E-state index in [4.69, 9.17) is 0 Å². The smallest absolute Gasteiger partial charge is 0.223 e. The second-order valence-electron chi connectivity index (χ2n) is 4.78. The van der Waals surface area contributed by atoms with E-state index in [1.54, 1.807) is 19.0 Å². The van der Waals surface area contributed by atoms with E-state index in [9.17, 15) is 4.79 Å². The van der Waals surface area contributed by atoms with Gasteiger partial charge < -0.3 is 15.1 Å². The van der Waals surface area contributed by atoms with E-state index < -0.39 is 0 Å². The summed E-state index contributed by atoms with van der Waals surface area (Å²) in [5.41, 5.74) is 2.43. The molecule has 0 aliphatic rings. The standard InChI is InChI=1S/C14H23N3O/c1-16(2)13-7-5-12(6-8-13)11-15-10-9-14(18)17(3)4/h5-8,15H,9-11H2,1-4H3. The molecule has 0 radical (unpaired) electrons. The third kappa shape index (κ3) is 4.75. The molecule has 100 valence electrons. The van der Waals surface area contributed by atoms with Gasteiger partial charge >= 0.3 is 0 Å². The molecule has 0 spiro atoms. The number of nitrogens with one attached hydrogen (secondary N) is 1. The summed E-state index contributed by atoms with van der Waals surface area (Å²) >= 11 is 0. The lowest BCUT2D eigenvalue weighted by Crippen LogP contribution is -2.26. The van der Waals surface area contributed by atoms with Crippen molar-refractivity contribution >= 4 is 11.6 Å². The SMILES string of the molecule is CN(C)C(=O)CCNCc1ccc(N(C)C)cc1. The largest absolute Gasteiger partial charge is 0.378 e. The monoisotopic (exact) mass is 249 g/mol. The minimum atomic E-state index is 0.158. The van der Waals surface area contributed by atoms with Crippen LogP contribution in [0.5, 0.6) is 0 Å². The number of benzene rings is 1. The van der Waals surface area contributed by atoms with Gasteiger partial charge in [0.25, 0.3) is 0 Å². The van der Waals surface area contributed by atoms with Gasteiger partial charge in [-0.25, -0.2) is 0 Å². The first-order valence-corrected chi connectivity index (χ1v) is 6.18. The maximum Gasteiger partial charge on any atom is 0.223 e. The first kappa shape index (κ1) is 14.5. The Morgan fingerprint density at radius 3 is 2.22 bits per heavy atom. The molecule has 4 heteroatoms. The number of amides is 1. The molecule has 0 saturated carbocycles. The highest BCUT2D eigenvalue weighted by Gasteiger charge is 2.02. The minimum absolute atomic E-state index is 0.158. The molecule has 0 fully saturated rings. The minimum Gasteiger partial charge on any atom is -0.378 e. The summed E-state index contributed by atoms with van der Waals surface area (Å²) in [7, 11) is 7.62. The molecule has 1 aromatic rings. The van der Waals surface area contributed by atoms with Gasteiger partial charge in [-0.15, -0.1) is 0 Å². The number of hydrogen-bond donors (Lipinski definition) is 1. The summed E-state index contributed by atoms with van der Waals surface area (Å²) in [6, 6.07) is 8.41. The van der Waals surface area contributed by atoms with Crippen molar-refractivity contribution in [3.63, 3.8) is 0 Å². The zero-order valence-corrected chi connectivity index (χ0v) is 11.7. The molecule has 0 saturated heterocycles. The predicted octanol–water partition coefficient (Wildman–Crippen LogP) is 1.32. The fourth-order valence-corrected chi connectivity index (χ4v) is 1.56. The molecule has 1 aromatic carbocycles. The summed E-state index contributed by atoms with van der Waals surface area (Å²) in [5, 5.41) is 3.28. The molecule has 18 heavy (non-hydrogen) atoms. The highest BCUT2D eigenvalue weighted by Crippen LogP contribution is 2.11. The van der Waals surface area contributed by atoms with Crippen molar-refractivity contribution in [2.75, 3.05) is 39.6 Å². The highest BCUT2D eigenvalue weighted by atomic mass is 16.2. The van der Waals surface area contributed by atoms with Gasteiger partial charge in [0.15, 0.2) is 0 Å². The average molecular weight is 249 g/mol. The Labute approximate surface area is 110 Å². The Bertz CT molecular complexity index is 371. The summed E-state index contributed by atoms with van der Waals surface area (Å²) < 4.78 is 0. The topological polar surface area (TPSA) is 35.6 Å². The van der Waals surface area contributed by atoms with Crippen molar-refractivity contribution in [3.8, 4) is 0 Å². The molecule has 1 amide bonds. The Kier molecular flexibility index (Phi) is 5.65. The van der Waals surface area contributed by atoms with Crippen LogP contribution in [0.3, 0.4) is 0 Å². The number of carbonyl (C=O) groups excluding carboxylic acids is 1. The molecule has 0 bridgehead atoms. The summed E-state index contributed by atoms with van der Waals surface area (Å²) in [4.78, 5) is 15.0. The van der Waals surface area contributed by atoms with Gasteiger partial charge in [-0.3, -0.25) is 4.79 Å². The van der Waals surface area contributed by atoms with E-state index in [2.05, 4.69) is 34.5 Å². The van der Waals surface area contributed by atoms with Crippen molar-refractivity contribution in [1.29, 1.82) is 0 Å². The van der Waals surface area contributed by atoms with Crippen LogP contribution in [0.15, 0.2) is 24.3 Å². The average Bonchev–Trinajstić information content (AvgIpc) is 2.34. The summed E-state index contributed by atoms with van der Waals surface area (Å²) in [6.07, 6.45) is 0.544. The lowest BCUT2D eigenvalue weighted by atomic mass is 10.2. The van der Waals surface area contributed by atoms with Crippen LogP contribution in [0.25, 0.3) is 0 Å². The Balaban J connectivity index is 2.29. The van der Waals surface area contributed by atoms with Gasteiger partial charge in [0.1, 0.15) is 0 Å². The number of rotatable bonds is 6. The second-order valence-corrected chi connectivity index (χ2v) is 4.78. The quantitative estimate of drug-likeness (QED) is 0.772. The van der Waals surface area contributed by atoms with E-state index in [-0.39, 0.29) is 5.91 Å². The molecule has 0 atom stereocenters. The van der Waals surface area contributed by atoms with Crippen LogP contribution < -0.4 is 10.2 Å². The van der Waals surface area contributed by atoms with Crippen molar-refractivity contribution < 1.29 is 4.79 Å². The van der Waals surface area contributed by atoms with Crippen molar-refractivity contribution in [2.45, 2.75) is 13.0 Å². The zero-order chi connectivity index (χ0) is 13.5. The molecule has 0 aromatic heterocycles. The Morgan fingerprint density at radius 1 is 1.11 bits per heavy atom. The van der Waals surface area contributed by atoms with Crippen molar-refractivity contribution in [3.05, 3.63) is 29.8 Å². The Hall–Kier alpha value is -1.55. The molecule has 1 N–H and O–H groups in total. The lowest BCUT2D eigenvalue weighted by Gasteiger charge is -2.13. The number of anilines is 1. The molecule has 4 nitrogen and oxygen atoms in total. The first-order chi connectivity index (χ1) is 8.50. The van der Waals surface area contributed by atoms with Crippen LogP contribution in [0.4, 0.5) is 5.69 Å². The molecule has 0 aliphatic heterocycles. The Morgan fingerprint density at radius 2 is 1.72 bits per heavy atom. The van der Waals surface area contributed by atoms with Gasteiger partial charge in [0, 0.05) is 53.4 Å². The molecular weight excluding hydrogens is 226 g/mol. The maximum absolute atomic E-state index is 11.4. The third-order valence-electron chi connectivity index (χ3n) is 2.80. The molecule has 1 rings (SSSR count). The summed E-state index contributed by atoms with van der Waals surface area (Å²) in [6.45, 7) is 1.51. The van der Waals surface area contributed by atoms with E-state index in [1.807, 2.05) is 14.1 Å². The molecule has 0 unspecified atom stereocenters. The highest BCUT2D eigenvalue weighted by molar-refractivity contribution is 5.75.